The van der Waals surface area contributed by atoms with Crippen LogP contribution in [0.4, 0.5) is 10.5 Å². The van der Waals surface area contributed by atoms with Crippen molar-refractivity contribution < 1.29 is 23.9 Å². The van der Waals surface area contributed by atoms with Crippen LogP contribution in [0.3, 0.4) is 0 Å². The van der Waals surface area contributed by atoms with E-state index in [1.807, 2.05) is 6.07 Å². The Morgan fingerprint density at radius 1 is 1.24 bits per heavy atom. The Morgan fingerprint density at radius 2 is 1.97 bits per heavy atom. The average molecular weight is 416 g/mol. The molecule has 2 aromatic rings. The SMILES string of the molecule is COc1cc(/C=C2/NC(=O)N(C)C2=O)cc(Cl)c1OCC(=O)Nc1ccccc1. The number of halogens is 1. The highest BCUT2D eigenvalue weighted by Gasteiger charge is 2.30. The zero-order valence-corrected chi connectivity index (χ0v) is 16.4. The molecule has 2 N–H and O–H groups in total. The minimum atomic E-state index is -0.510. The number of para-hydroxylation sites is 1. The number of nitrogens with zero attached hydrogens (tertiary/aromatic N) is 1. The molecule has 2 aromatic carbocycles. The average Bonchev–Trinajstić information content (AvgIpc) is 2.94. The molecule has 8 nitrogen and oxygen atoms in total. The number of hydrogen-bond donors (Lipinski definition) is 2. The van der Waals surface area contributed by atoms with Gasteiger partial charge in [0.15, 0.2) is 18.1 Å². The summed E-state index contributed by atoms with van der Waals surface area (Å²) in [6.45, 7) is -0.273. The first kappa shape index (κ1) is 20.2. The highest BCUT2D eigenvalue weighted by molar-refractivity contribution is 6.32. The third-order valence-corrected chi connectivity index (χ3v) is 4.33. The number of urea groups is 1. The van der Waals surface area contributed by atoms with E-state index in [1.165, 1.54) is 20.2 Å². The molecule has 3 rings (SSSR count). The van der Waals surface area contributed by atoms with Gasteiger partial charge in [-0.15, -0.1) is 0 Å². The number of amides is 4. The zero-order chi connectivity index (χ0) is 21.0. The fraction of sp³-hybridized carbons (Fsp3) is 0.150. The van der Waals surface area contributed by atoms with Crippen molar-refractivity contribution in [3.63, 3.8) is 0 Å². The van der Waals surface area contributed by atoms with Crippen LogP contribution in [-0.2, 0) is 9.59 Å². The lowest BCUT2D eigenvalue weighted by atomic mass is 10.1. The lowest BCUT2D eigenvalue weighted by molar-refractivity contribution is -0.122. The van der Waals surface area contributed by atoms with Crippen LogP contribution >= 0.6 is 11.6 Å². The predicted molar refractivity (Wildman–Crippen MR) is 108 cm³/mol. The van der Waals surface area contributed by atoms with Crippen LogP contribution in [0.2, 0.25) is 5.02 Å². The Hall–Kier alpha value is -3.52. The van der Waals surface area contributed by atoms with Crippen molar-refractivity contribution in [3.05, 3.63) is 58.7 Å². The summed E-state index contributed by atoms with van der Waals surface area (Å²) in [5.74, 6) is -0.341. The molecule has 0 spiro atoms. The Morgan fingerprint density at radius 3 is 2.59 bits per heavy atom. The molecule has 0 saturated carbocycles. The molecule has 1 aliphatic rings. The number of imide groups is 1. The molecule has 29 heavy (non-hydrogen) atoms. The topological polar surface area (TPSA) is 97.0 Å². The summed E-state index contributed by atoms with van der Waals surface area (Å²) in [5, 5.41) is 5.36. The summed E-state index contributed by atoms with van der Waals surface area (Å²) in [6, 6.07) is 11.6. The molecule has 1 saturated heterocycles. The summed E-state index contributed by atoms with van der Waals surface area (Å²) >= 11 is 6.29. The summed E-state index contributed by atoms with van der Waals surface area (Å²) < 4.78 is 10.8. The maximum absolute atomic E-state index is 12.1. The Labute approximate surface area is 172 Å². The standard InChI is InChI=1S/C20H18ClN3O5/c1-24-19(26)15(23-20(24)27)9-12-8-14(21)18(16(10-12)28-2)29-11-17(25)22-13-6-4-3-5-7-13/h3-10H,11H2,1-2H3,(H,22,25)(H,23,27)/b15-9+. The van der Waals surface area contributed by atoms with Crippen molar-refractivity contribution in [2.75, 3.05) is 26.1 Å². The molecule has 0 atom stereocenters. The van der Waals surface area contributed by atoms with Crippen molar-refractivity contribution >= 4 is 41.2 Å². The lowest BCUT2D eigenvalue weighted by Gasteiger charge is -2.13. The number of rotatable bonds is 6. The number of hydrogen-bond acceptors (Lipinski definition) is 5. The van der Waals surface area contributed by atoms with E-state index in [9.17, 15) is 14.4 Å². The van der Waals surface area contributed by atoms with Gasteiger partial charge in [0.2, 0.25) is 0 Å². The van der Waals surface area contributed by atoms with Crippen LogP contribution in [0, 0.1) is 0 Å². The number of nitrogens with one attached hydrogen (secondary N) is 2. The van der Waals surface area contributed by atoms with E-state index < -0.39 is 11.9 Å². The quantitative estimate of drug-likeness (QED) is 0.558. The van der Waals surface area contributed by atoms with Crippen molar-refractivity contribution in [1.82, 2.24) is 10.2 Å². The van der Waals surface area contributed by atoms with E-state index in [-0.39, 0.29) is 34.7 Å². The summed E-state index contributed by atoms with van der Waals surface area (Å²) in [7, 11) is 2.80. The molecule has 9 heteroatoms. The molecule has 0 aliphatic carbocycles. The molecule has 0 unspecified atom stereocenters. The second-order valence-electron chi connectivity index (χ2n) is 6.09. The lowest BCUT2D eigenvalue weighted by Crippen LogP contribution is -2.25. The van der Waals surface area contributed by atoms with Crippen molar-refractivity contribution in [2.24, 2.45) is 0 Å². The summed E-state index contributed by atoms with van der Waals surface area (Å²) in [5.41, 5.74) is 1.28. The maximum atomic E-state index is 12.1. The second kappa shape index (κ2) is 8.66. The van der Waals surface area contributed by atoms with Gasteiger partial charge in [0.1, 0.15) is 5.70 Å². The van der Waals surface area contributed by atoms with Gasteiger partial charge in [-0.1, -0.05) is 29.8 Å². The molecule has 1 fully saturated rings. The third-order valence-electron chi connectivity index (χ3n) is 4.05. The number of anilines is 1. The molecule has 150 valence electrons. The van der Waals surface area contributed by atoms with Gasteiger partial charge in [-0.05, 0) is 35.9 Å². The maximum Gasteiger partial charge on any atom is 0.328 e. The van der Waals surface area contributed by atoms with E-state index in [0.29, 0.717) is 11.3 Å². The van der Waals surface area contributed by atoms with Gasteiger partial charge in [0, 0.05) is 12.7 Å². The molecular weight excluding hydrogens is 398 g/mol. The van der Waals surface area contributed by atoms with E-state index >= 15 is 0 Å². The summed E-state index contributed by atoms with van der Waals surface area (Å²) in [4.78, 5) is 36.6. The number of carbonyl (C=O) groups is 3. The molecule has 0 radical (unpaired) electrons. The van der Waals surface area contributed by atoms with Crippen molar-refractivity contribution in [3.8, 4) is 11.5 Å². The zero-order valence-electron chi connectivity index (χ0n) is 15.7. The minimum Gasteiger partial charge on any atom is -0.493 e. The van der Waals surface area contributed by atoms with Crippen molar-refractivity contribution in [2.45, 2.75) is 0 Å². The van der Waals surface area contributed by atoms with Gasteiger partial charge in [0.05, 0.1) is 12.1 Å². The van der Waals surface area contributed by atoms with Gasteiger partial charge < -0.3 is 20.1 Å². The first-order chi connectivity index (χ1) is 13.9. The molecule has 1 heterocycles. The van der Waals surface area contributed by atoms with E-state index in [0.717, 1.165) is 4.90 Å². The van der Waals surface area contributed by atoms with E-state index in [2.05, 4.69) is 10.6 Å². The van der Waals surface area contributed by atoms with Crippen LogP contribution < -0.4 is 20.1 Å². The van der Waals surface area contributed by atoms with Gasteiger partial charge in [-0.2, -0.15) is 0 Å². The molecule has 1 aliphatic heterocycles. The van der Waals surface area contributed by atoms with Crippen molar-refractivity contribution in [1.29, 1.82) is 0 Å². The van der Waals surface area contributed by atoms with Crippen LogP contribution in [0.5, 0.6) is 11.5 Å². The molecule has 4 amide bonds. The molecular formula is C20H18ClN3O5. The Bertz CT molecular complexity index is 991. The van der Waals surface area contributed by atoms with Gasteiger partial charge >= 0.3 is 6.03 Å². The normalized spacial score (nSPS) is 14.7. The fourth-order valence-corrected chi connectivity index (χ4v) is 2.88. The van der Waals surface area contributed by atoms with E-state index in [4.69, 9.17) is 21.1 Å². The van der Waals surface area contributed by atoms with Gasteiger partial charge in [-0.3, -0.25) is 14.5 Å². The number of methoxy groups -OCH3 is 1. The number of benzene rings is 2. The van der Waals surface area contributed by atoms with Crippen LogP contribution in [0.15, 0.2) is 48.2 Å². The van der Waals surface area contributed by atoms with E-state index in [1.54, 1.807) is 36.4 Å². The van der Waals surface area contributed by atoms with Gasteiger partial charge in [-0.25, -0.2) is 4.79 Å². The van der Waals surface area contributed by atoms with Crippen LogP contribution in [0.25, 0.3) is 6.08 Å². The first-order valence-corrected chi connectivity index (χ1v) is 8.93. The number of likely N-dealkylation sites (N-methyl/N-ethyl adjacent to an activating group) is 1. The molecule has 0 aromatic heterocycles. The molecule has 0 bridgehead atoms. The smallest absolute Gasteiger partial charge is 0.328 e. The number of ether oxygens (including phenoxy) is 2. The Kier molecular flexibility index (Phi) is 6.04. The number of carbonyl (C=O) groups excluding carboxylic acids is 3. The highest BCUT2D eigenvalue weighted by atomic mass is 35.5. The Balaban J connectivity index is 1.74. The highest BCUT2D eigenvalue weighted by Crippen LogP contribution is 2.37. The fourth-order valence-electron chi connectivity index (χ4n) is 2.61. The largest absolute Gasteiger partial charge is 0.493 e. The van der Waals surface area contributed by atoms with Crippen LogP contribution in [-0.4, -0.2) is 43.5 Å². The monoisotopic (exact) mass is 415 g/mol. The van der Waals surface area contributed by atoms with Crippen LogP contribution in [0.1, 0.15) is 5.56 Å². The predicted octanol–water partition coefficient (Wildman–Crippen LogP) is 2.89. The third kappa shape index (κ3) is 4.67. The second-order valence-corrected chi connectivity index (χ2v) is 6.50. The van der Waals surface area contributed by atoms with Gasteiger partial charge in [0.25, 0.3) is 11.8 Å². The minimum absolute atomic E-state index is 0.117. The summed E-state index contributed by atoms with van der Waals surface area (Å²) in [6.07, 6.45) is 1.48. The first-order valence-electron chi connectivity index (χ1n) is 8.55.